The SMILES string of the molecule is Cc1cc2[nH]cnc2c(=O)[nH]1.Cc1nccc2[nH]cnc12. The third kappa shape index (κ3) is 2.53. The van der Waals surface area contributed by atoms with E-state index in [1.54, 1.807) is 12.5 Å². The minimum atomic E-state index is -0.138. The minimum Gasteiger partial charge on any atom is -0.344 e. The van der Waals surface area contributed by atoms with E-state index < -0.39 is 0 Å². The Kier molecular flexibility index (Phi) is 3.23. The number of nitrogens with one attached hydrogen (secondary N) is 3. The Morgan fingerprint density at radius 2 is 1.67 bits per heavy atom. The Labute approximate surface area is 119 Å². The van der Waals surface area contributed by atoms with E-state index in [0.29, 0.717) is 5.52 Å². The molecule has 0 atom stereocenters. The van der Waals surface area contributed by atoms with Crippen molar-refractivity contribution in [3.8, 4) is 0 Å². The molecule has 0 aliphatic heterocycles. The summed E-state index contributed by atoms with van der Waals surface area (Å²) in [5, 5.41) is 0. The highest BCUT2D eigenvalue weighted by molar-refractivity contribution is 5.76. The highest BCUT2D eigenvalue weighted by atomic mass is 16.1. The molecule has 0 amide bonds. The second kappa shape index (κ2) is 5.20. The highest BCUT2D eigenvalue weighted by Gasteiger charge is 1.99. The first-order valence-corrected chi connectivity index (χ1v) is 6.43. The van der Waals surface area contributed by atoms with E-state index in [-0.39, 0.29) is 5.56 Å². The van der Waals surface area contributed by atoms with Crippen LogP contribution in [-0.4, -0.2) is 29.9 Å². The lowest BCUT2D eigenvalue weighted by molar-refractivity contribution is 1.16. The molecule has 4 rings (SSSR count). The van der Waals surface area contributed by atoms with Crippen molar-refractivity contribution in [2.45, 2.75) is 13.8 Å². The van der Waals surface area contributed by atoms with Crippen LogP contribution in [0.5, 0.6) is 0 Å². The molecule has 3 N–H and O–H groups in total. The topological polar surface area (TPSA) is 103 Å². The summed E-state index contributed by atoms with van der Waals surface area (Å²) in [5.41, 5.74) is 4.93. The first kappa shape index (κ1) is 13.0. The number of pyridine rings is 2. The number of hydrogen-bond donors (Lipinski definition) is 3. The van der Waals surface area contributed by atoms with Crippen LogP contribution in [0.2, 0.25) is 0 Å². The van der Waals surface area contributed by atoms with Crippen LogP contribution < -0.4 is 5.56 Å². The number of aromatic nitrogens is 6. The number of imidazole rings is 2. The monoisotopic (exact) mass is 282 g/mol. The van der Waals surface area contributed by atoms with Crippen molar-refractivity contribution in [2.75, 3.05) is 0 Å². The number of hydrogen-bond acceptors (Lipinski definition) is 4. The molecule has 7 nitrogen and oxygen atoms in total. The zero-order chi connectivity index (χ0) is 14.8. The van der Waals surface area contributed by atoms with Crippen LogP contribution in [0.3, 0.4) is 0 Å². The average Bonchev–Trinajstić information content (AvgIpc) is 3.08. The minimum absolute atomic E-state index is 0.138. The van der Waals surface area contributed by atoms with Crippen molar-refractivity contribution in [3.63, 3.8) is 0 Å². The van der Waals surface area contributed by atoms with Crippen LogP contribution in [0, 0.1) is 13.8 Å². The van der Waals surface area contributed by atoms with E-state index in [0.717, 1.165) is 27.9 Å². The zero-order valence-electron chi connectivity index (χ0n) is 11.6. The van der Waals surface area contributed by atoms with Crippen molar-refractivity contribution < 1.29 is 0 Å². The summed E-state index contributed by atoms with van der Waals surface area (Å²) in [5.74, 6) is 0. The predicted octanol–water partition coefficient (Wildman–Crippen LogP) is 1.83. The van der Waals surface area contributed by atoms with E-state index in [4.69, 9.17) is 0 Å². The Hall–Kier alpha value is -2.96. The predicted molar refractivity (Wildman–Crippen MR) is 80.1 cm³/mol. The third-order valence-corrected chi connectivity index (χ3v) is 3.08. The molecule has 0 aliphatic carbocycles. The Morgan fingerprint density at radius 3 is 2.43 bits per heavy atom. The standard InChI is InChI=1S/C7H7N3O.C7H7N3/c1-4-2-5-6(7(11)10-4)9-3-8-5;1-5-7-6(2-3-8-5)9-4-10-7/h2-3H,1H3,(H,8,9)(H,10,11);2-4H,1H3,(H,9,10). The maximum absolute atomic E-state index is 11.1. The summed E-state index contributed by atoms with van der Waals surface area (Å²) >= 11 is 0. The summed E-state index contributed by atoms with van der Waals surface area (Å²) in [6.07, 6.45) is 4.97. The van der Waals surface area contributed by atoms with Crippen LogP contribution in [0.4, 0.5) is 0 Å². The van der Waals surface area contributed by atoms with Gasteiger partial charge in [-0.3, -0.25) is 9.78 Å². The molecule has 106 valence electrons. The van der Waals surface area contributed by atoms with Gasteiger partial charge in [-0.15, -0.1) is 0 Å². The smallest absolute Gasteiger partial charge is 0.276 e. The largest absolute Gasteiger partial charge is 0.344 e. The van der Waals surface area contributed by atoms with Gasteiger partial charge in [0, 0.05) is 11.9 Å². The summed E-state index contributed by atoms with van der Waals surface area (Å²) < 4.78 is 0. The molecule has 4 aromatic rings. The van der Waals surface area contributed by atoms with Gasteiger partial charge < -0.3 is 15.0 Å². The molecule has 4 heterocycles. The van der Waals surface area contributed by atoms with E-state index >= 15 is 0 Å². The van der Waals surface area contributed by atoms with Gasteiger partial charge in [0.25, 0.3) is 5.56 Å². The molecule has 0 fully saturated rings. The molecular weight excluding hydrogens is 268 g/mol. The lowest BCUT2D eigenvalue weighted by Gasteiger charge is -1.90. The van der Waals surface area contributed by atoms with Gasteiger partial charge in [-0.05, 0) is 26.0 Å². The van der Waals surface area contributed by atoms with Crippen LogP contribution in [0.15, 0.2) is 35.8 Å². The van der Waals surface area contributed by atoms with Gasteiger partial charge in [-0.25, -0.2) is 9.97 Å². The maximum atomic E-state index is 11.1. The number of rotatable bonds is 0. The van der Waals surface area contributed by atoms with Crippen molar-refractivity contribution in [1.82, 2.24) is 29.9 Å². The van der Waals surface area contributed by atoms with Gasteiger partial charge in [0.05, 0.1) is 29.4 Å². The summed E-state index contributed by atoms with van der Waals surface area (Å²) in [6, 6.07) is 3.76. The molecule has 0 aliphatic rings. The van der Waals surface area contributed by atoms with Crippen LogP contribution in [-0.2, 0) is 0 Å². The number of nitrogens with zero attached hydrogens (tertiary/aromatic N) is 3. The molecule has 4 aromatic heterocycles. The normalized spacial score (nSPS) is 10.6. The van der Waals surface area contributed by atoms with E-state index in [9.17, 15) is 4.79 Å². The first-order valence-electron chi connectivity index (χ1n) is 6.43. The fraction of sp³-hybridized carbons (Fsp3) is 0.143. The Morgan fingerprint density at radius 1 is 0.952 bits per heavy atom. The molecule has 7 heteroatoms. The van der Waals surface area contributed by atoms with Crippen molar-refractivity contribution >= 4 is 22.1 Å². The second-order valence-electron chi connectivity index (χ2n) is 4.64. The second-order valence-corrected chi connectivity index (χ2v) is 4.64. The molecule has 0 unspecified atom stereocenters. The molecule has 0 radical (unpaired) electrons. The molecule has 0 saturated carbocycles. The lowest BCUT2D eigenvalue weighted by atomic mass is 10.3. The first-order chi connectivity index (χ1) is 10.1. The van der Waals surface area contributed by atoms with Gasteiger partial charge in [-0.2, -0.15) is 0 Å². The molecule has 0 bridgehead atoms. The van der Waals surface area contributed by atoms with Crippen LogP contribution >= 0.6 is 0 Å². The van der Waals surface area contributed by atoms with Crippen LogP contribution in [0.1, 0.15) is 11.4 Å². The van der Waals surface area contributed by atoms with Crippen LogP contribution in [0.25, 0.3) is 22.1 Å². The summed E-state index contributed by atoms with van der Waals surface area (Å²) in [7, 11) is 0. The molecule has 0 aromatic carbocycles. The Balaban J connectivity index is 0.000000126. The molecule has 0 saturated heterocycles. The number of aryl methyl sites for hydroxylation is 2. The maximum Gasteiger partial charge on any atom is 0.276 e. The van der Waals surface area contributed by atoms with Crippen molar-refractivity contribution in [3.05, 3.63) is 52.7 Å². The van der Waals surface area contributed by atoms with E-state index in [1.807, 2.05) is 26.0 Å². The Bertz CT molecular complexity index is 949. The summed E-state index contributed by atoms with van der Waals surface area (Å²) in [4.78, 5) is 31.7. The number of aromatic amines is 3. The fourth-order valence-corrected chi connectivity index (χ4v) is 2.09. The average molecular weight is 282 g/mol. The van der Waals surface area contributed by atoms with Gasteiger partial charge in [0.2, 0.25) is 0 Å². The molecule has 0 spiro atoms. The lowest BCUT2D eigenvalue weighted by Crippen LogP contribution is -2.06. The van der Waals surface area contributed by atoms with E-state index in [2.05, 4.69) is 29.9 Å². The fourth-order valence-electron chi connectivity index (χ4n) is 2.09. The van der Waals surface area contributed by atoms with E-state index in [1.165, 1.54) is 6.33 Å². The summed E-state index contributed by atoms with van der Waals surface area (Å²) in [6.45, 7) is 3.78. The molecule has 21 heavy (non-hydrogen) atoms. The zero-order valence-corrected chi connectivity index (χ0v) is 11.6. The number of H-pyrrole nitrogens is 3. The highest BCUT2D eigenvalue weighted by Crippen LogP contribution is 2.09. The number of fused-ring (bicyclic) bond motifs is 2. The van der Waals surface area contributed by atoms with Gasteiger partial charge >= 0.3 is 0 Å². The van der Waals surface area contributed by atoms with Gasteiger partial charge in [-0.1, -0.05) is 0 Å². The van der Waals surface area contributed by atoms with Crippen molar-refractivity contribution in [1.29, 1.82) is 0 Å². The third-order valence-electron chi connectivity index (χ3n) is 3.08. The molecular formula is C14H14N6O. The van der Waals surface area contributed by atoms with Gasteiger partial charge in [0.15, 0.2) is 5.52 Å². The van der Waals surface area contributed by atoms with Gasteiger partial charge in [0.1, 0.15) is 5.52 Å². The quantitative estimate of drug-likeness (QED) is 0.457. The van der Waals surface area contributed by atoms with Crippen molar-refractivity contribution in [2.24, 2.45) is 0 Å².